The van der Waals surface area contributed by atoms with Crippen LogP contribution in [-0.4, -0.2) is 37.0 Å². The minimum Gasteiger partial charge on any atom is -0.466 e. The first-order valence-electron chi connectivity index (χ1n) is 7.53. The number of fused-ring (bicyclic) bond motifs is 4. The van der Waals surface area contributed by atoms with Crippen LogP contribution in [0.3, 0.4) is 0 Å². The molecule has 1 aromatic rings. The molecule has 2 atom stereocenters. The Balaban J connectivity index is 2.04. The molecule has 0 saturated carbocycles. The van der Waals surface area contributed by atoms with E-state index >= 15 is 0 Å². The van der Waals surface area contributed by atoms with Gasteiger partial charge in [-0.1, -0.05) is 28.1 Å². The number of esters is 1. The number of ether oxygens (including phenoxy) is 1. The maximum absolute atomic E-state index is 13.4. The number of likely N-dealkylation sites (N-methyl/N-ethyl adjacent to an activating group) is 1. The lowest BCUT2D eigenvalue weighted by Crippen LogP contribution is -2.50. The van der Waals surface area contributed by atoms with Crippen LogP contribution in [0.15, 0.2) is 58.9 Å². The fourth-order valence-electron chi connectivity index (χ4n) is 3.89. The highest BCUT2D eigenvalue weighted by Gasteiger charge is 2.63. The van der Waals surface area contributed by atoms with Crippen LogP contribution >= 0.6 is 15.9 Å². The van der Waals surface area contributed by atoms with E-state index in [-0.39, 0.29) is 11.9 Å². The van der Waals surface area contributed by atoms with Crippen molar-refractivity contribution in [3.05, 3.63) is 64.4 Å². The van der Waals surface area contributed by atoms with Crippen molar-refractivity contribution >= 4 is 33.5 Å². The molecule has 6 heteroatoms. The fraction of sp³-hybridized carbons (Fsp3) is 0.222. The molecule has 122 valence electrons. The van der Waals surface area contributed by atoms with Gasteiger partial charge in [0.2, 0.25) is 5.91 Å². The van der Waals surface area contributed by atoms with Crippen molar-refractivity contribution < 1.29 is 14.3 Å². The van der Waals surface area contributed by atoms with Gasteiger partial charge in [0.05, 0.1) is 18.7 Å². The number of nitrogens with zero attached hydrogens (tertiary/aromatic N) is 2. The molecule has 0 aliphatic carbocycles. The molecule has 0 radical (unpaired) electrons. The number of rotatable bonds is 1. The van der Waals surface area contributed by atoms with Crippen molar-refractivity contribution in [1.82, 2.24) is 4.90 Å². The van der Waals surface area contributed by atoms with Crippen LogP contribution in [0.1, 0.15) is 5.56 Å². The lowest BCUT2D eigenvalue weighted by atomic mass is 9.71. The molecular weight excluding hydrogens is 372 g/mol. The van der Waals surface area contributed by atoms with Crippen LogP contribution in [0.25, 0.3) is 0 Å². The average molecular weight is 387 g/mol. The Hall–Kier alpha value is -2.34. The number of anilines is 1. The molecule has 4 rings (SSSR count). The minimum absolute atomic E-state index is 0.125. The summed E-state index contributed by atoms with van der Waals surface area (Å²) in [5, 5.41) is 0. The highest BCUT2D eigenvalue weighted by atomic mass is 79.9. The molecular formula is C18H15BrN2O3. The molecule has 1 aromatic carbocycles. The molecule has 3 heterocycles. The van der Waals surface area contributed by atoms with Gasteiger partial charge in [0.1, 0.15) is 5.41 Å². The lowest BCUT2D eigenvalue weighted by Gasteiger charge is -2.34. The Morgan fingerprint density at radius 2 is 2.12 bits per heavy atom. The standard InChI is InChI=1S/C18H15BrN2O3/c1-20-14-7-6-11(19)9-12(14)18(17(20)23)13(16(22)24-2)10-21-8-4-3-5-15(18)21/h3-10,15H,1-2H3/t15?,18-/m1/s1. The summed E-state index contributed by atoms with van der Waals surface area (Å²) in [6, 6.07) is 5.42. The van der Waals surface area contributed by atoms with Gasteiger partial charge < -0.3 is 14.5 Å². The number of amides is 1. The van der Waals surface area contributed by atoms with Crippen molar-refractivity contribution in [2.45, 2.75) is 11.5 Å². The largest absolute Gasteiger partial charge is 0.466 e. The second-order valence-electron chi connectivity index (χ2n) is 5.99. The number of benzene rings is 1. The number of methoxy groups -OCH3 is 1. The smallest absolute Gasteiger partial charge is 0.336 e. The normalized spacial score (nSPS) is 26.7. The number of carbonyl (C=O) groups excluding carboxylic acids is 2. The Labute approximate surface area is 148 Å². The average Bonchev–Trinajstić information content (AvgIpc) is 3.05. The molecule has 1 spiro atoms. The summed E-state index contributed by atoms with van der Waals surface area (Å²) in [6.45, 7) is 0. The van der Waals surface area contributed by atoms with E-state index in [2.05, 4.69) is 15.9 Å². The van der Waals surface area contributed by atoms with E-state index in [9.17, 15) is 9.59 Å². The summed E-state index contributed by atoms with van der Waals surface area (Å²) in [5.41, 5.74) is 0.888. The molecule has 0 saturated heterocycles. The number of halogens is 1. The van der Waals surface area contributed by atoms with Crippen LogP contribution in [-0.2, 0) is 19.7 Å². The van der Waals surface area contributed by atoms with E-state index in [0.717, 1.165) is 15.7 Å². The van der Waals surface area contributed by atoms with Crippen LogP contribution in [0.4, 0.5) is 5.69 Å². The number of allylic oxidation sites excluding steroid dienone is 2. The first-order chi connectivity index (χ1) is 11.5. The zero-order chi connectivity index (χ0) is 17.1. The number of hydrogen-bond acceptors (Lipinski definition) is 4. The Morgan fingerprint density at radius 1 is 1.33 bits per heavy atom. The molecule has 3 aliphatic heterocycles. The van der Waals surface area contributed by atoms with Gasteiger partial charge >= 0.3 is 5.97 Å². The maximum atomic E-state index is 13.4. The third-order valence-electron chi connectivity index (χ3n) is 4.92. The summed E-state index contributed by atoms with van der Waals surface area (Å²) < 4.78 is 5.85. The summed E-state index contributed by atoms with van der Waals surface area (Å²) >= 11 is 3.49. The summed E-state index contributed by atoms with van der Waals surface area (Å²) in [7, 11) is 3.08. The summed E-state index contributed by atoms with van der Waals surface area (Å²) in [4.78, 5) is 29.4. The molecule has 0 aromatic heterocycles. The first kappa shape index (κ1) is 15.2. The quantitative estimate of drug-likeness (QED) is 0.695. The van der Waals surface area contributed by atoms with Crippen molar-refractivity contribution in [2.24, 2.45) is 0 Å². The lowest BCUT2D eigenvalue weighted by molar-refractivity contribution is -0.138. The van der Waals surface area contributed by atoms with E-state index in [1.807, 2.05) is 47.5 Å². The van der Waals surface area contributed by atoms with E-state index < -0.39 is 11.4 Å². The van der Waals surface area contributed by atoms with E-state index in [4.69, 9.17) is 4.74 Å². The molecule has 3 aliphatic rings. The van der Waals surface area contributed by atoms with Crippen LogP contribution in [0.5, 0.6) is 0 Å². The summed E-state index contributed by atoms with van der Waals surface area (Å²) in [5.74, 6) is -0.611. The van der Waals surface area contributed by atoms with Crippen molar-refractivity contribution in [3.8, 4) is 0 Å². The van der Waals surface area contributed by atoms with E-state index in [1.54, 1.807) is 18.1 Å². The predicted molar refractivity (Wildman–Crippen MR) is 93.2 cm³/mol. The third-order valence-corrected chi connectivity index (χ3v) is 5.42. The van der Waals surface area contributed by atoms with Crippen molar-refractivity contribution in [2.75, 3.05) is 19.1 Å². The highest BCUT2D eigenvalue weighted by molar-refractivity contribution is 9.10. The second-order valence-corrected chi connectivity index (χ2v) is 6.90. The topological polar surface area (TPSA) is 49.9 Å². The van der Waals surface area contributed by atoms with Gasteiger partial charge in [-0.05, 0) is 29.8 Å². The first-order valence-corrected chi connectivity index (χ1v) is 8.32. The maximum Gasteiger partial charge on any atom is 0.336 e. The summed E-state index contributed by atoms with van der Waals surface area (Å²) in [6.07, 6.45) is 9.32. The number of hydrogen-bond donors (Lipinski definition) is 0. The molecule has 24 heavy (non-hydrogen) atoms. The van der Waals surface area contributed by atoms with Crippen LogP contribution < -0.4 is 4.90 Å². The fourth-order valence-corrected chi connectivity index (χ4v) is 4.25. The Kier molecular flexibility index (Phi) is 3.22. The Morgan fingerprint density at radius 3 is 2.88 bits per heavy atom. The molecule has 0 bridgehead atoms. The molecule has 0 fully saturated rings. The minimum atomic E-state index is -1.10. The third kappa shape index (κ3) is 1.69. The zero-order valence-corrected chi connectivity index (χ0v) is 14.8. The van der Waals surface area contributed by atoms with Gasteiger partial charge in [-0.3, -0.25) is 4.79 Å². The van der Waals surface area contributed by atoms with Gasteiger partial charge in [-0.15, -0.1) is 0 Å². The van der Waals surface area contributed by atoms with Crippen LogP contribution in [0, 0.1) is 0 Å². The van der Waals surface area contributed by atoms with Crippen molar-refractivity contribution in [1.29, 1.82) is 0 Å². The SMILES string of the molecule is COC(=O)C1=CN2C=CC=CC2[C@]12C(=O)N(C)c1ccc(Br)cc12. The second kappa shape index (κ2) is 5.08. The highest BCUT2D eigenvalue weighted by Crippen LogP contribution is 2.54. The predicted octanol–water partition coefficient (Wildman–Crippen LogP) is 2.49. The van der Waals surface area contributed by atoms with Gasteiger partial charge in [0, 0.05) is 29.6 Å². The number of carbonyl (C=O) groups is 2. The van der Waals surface area contributed by atoms with Gasteiger partial charge in [0.15, 0.2) is 0 Å². The molecule has 5 nitrogen and oxygen atoms in total. The molecule has 1 unspecified atom stereocenters. The monoisotopic (exact) mass is 386 g/mol. The Bertz CT molecular complexity index is 858. The zero-order valence-electron chi connectivity index (χ0n) is 13.2. The van der Waals surface area contributed by atoms with Crippen LogP contribution in [0.2, 0.25) is 0 Å². The van der Waals surface area contributed by atoms with E-state index in [1.165, 1.54) is 7.11 Å². The van der Waals surface area contributed by atoms with Crippen molar-refractivity contribution in [3.63, 3.8) is 0 Å². The van der Waals surface area contributed by atoms with E-state index in [0.29, 0.717) is 5.57 Å². The van der Waals surface area contributed by atoms with Gasteiger partial charge in [0.25, 0.3) is 0 Å². The van der Waals surface area contributed by atoms with Gasteiger partial charge in [-0.2, -0.15) is 0 Å². The molecule has 0 N–H and O–H groups in total. The molecule has 1 amide bonds. The van der Waals surface area contributed by atoms with Gasteiger partial charge in [-0.25, -0.2) is 4.79 Å².